The van der Waals surface area contributed by atoms with Gasteiger partial charge in [-0.15, -0.1) is 0 Å². The van der Waals surface area contributed by atoms with Gasteiger partial charge in [-0.3, -0.25) is 24.6 Å². The number of hydrogen-bond acceptors (Lipinski definition) is 6. The molecule has 0 aromatic heterocycles. The number of ether oxygens (including phenoxy) is 2. The van der Waals surface area contributed by atoms with Gasteiger partial charge in [0.1, 0.15) is 29.5 Å². The van der Waals surface area contributed by atoms with Crippen molar-refractivity contribution >= 4 is 52.5 Å². The third-order valence-corrected chi connectivity index (χ3v) is 5.66. The van der Waals surface area contributed by atoms with Crippen LogP contribution in [0.25, 0.3) is 6.08 Å². The molecule has 1 saturated heterocycles. The van der Waals surface area contributed by atoms with Crippen molar-refractivity contribution in [2.75, 3.05) is 17.3 Å². The van der Waals surface area contributed by atoms with Crippen LogP contribution in [0.15, 0.2) is 72.3 Å². The molecule has 3 aromatic carbocycles. The predicted molar refractivity (Wildman–Crippen MR) is 141 cm³/mol. The zero-order valence-corrected chi connectivity index (χ0v) is 20.7. The molecule has 1 heterocycles. The van der Waals surface area contributed by atoms with Gasteiger partial charge in [-0.1, -0.05) is 6.07 Å². The molecule has 8 nitrogen and oxygen atoms in total. The van der Waals surface area contributed by atoms with Gasteiger partial charge < -0.3 is 14.8 Å². The molecule has 3 amide bonds. The molecule has 3 aromatic rings. The zero-order valence-electron chi connectivity index (χ0n) is 19.9. The molecule has 1 aliphatic heterocycles. The van der Waals surface area contributed by atoms with Crippen molar-refractivity contribution < 1.29 is 28.2 Å². The van der Waals surface area contributed by atoms with Crippen LogP contribution in [0.2, 0.25) is 0 Å². The van der Waals surface area contributed by atoms with Gasteiger partial charge in [0.2, 0.25) is 5.91 Å². The lowest BCUT2D eigenvalue weighted by Gasteiger charge is -2.28. The largest absolute Gasteiger partial charge is 0.496 e. The quantitative estimate of drug-likeness (QED) is 0.276. The van der Waals surface area contributed by atoms with Crippen LogP contribution in [0.1, 0.15) is 18.1 Å². The van der Waals surface area contributed by atoms with Crippen molar-refractivity contribution in [3.63, 3.8) is 0 Å². The van der Waals surface area contributed by atoms with Gasteiger partial charge in [-0.05, 0) is 84.5 Å². The summed E-state index contributed by atoms with van der Waals surface area (Å²) in [6.45, 7) is 1.57. The highest BCUT2D eigenvalue weighted by molar-refractivity contribution is 7.80. The normalized spacial score (nSPS) is 14.4. The van der Waals surface area contributed by atoms with Crippen LogP contribution in [0.3, 0.4) is 0 Å². The summed E-state index contributed by atoms with van der Waals surface area (Å²) in [5, 5.41) is 5.10. The molecule has 0 aliphatic carbocycles. The van der Waals surface area contributed by atoms with Crippen LogP contribution in [-0.4, -0.2) is 29.9 Å². The molecule has 188 valence electrons. The lowest BCUT2D eigenvalue weighted by molar-refractivity contribution is -0.122. The van der Waals surface area contributed by atoms with Crippen molar-refractivity contribution in [3.05, 3.63) is 89.2 Å². The van der Waals surface area contributed by atoms with Gasteiger partial charge in [-0.25, -0.2) is 4.39 Å². The topological polar surface area (TPSA) is 97.0 Å². The van der Waals surface area contributed by atoms with Gasteiger partial charge in [-0.2, -0.15) is 0 Å². The standard InChI is InChI=1S/C27H22FN3O5S/c1-16(32)29-20-6-10-22(11-7-20)36-15-18-13-17(3-12-24(18)35-2)14-23-25(33)30-27(37)31(26(23)34)21-8-4-19(28)5-9-21/h3-14H,15H2,1-2H3,(H,29,32)(H,30,33,37)/b23-14+. The first kappa shape index (κ1) is 25.5. The van der Waals surface area contributed by atoms with Crippen LogP contribution < -0.4 is 25.0 Å². The first-order chi connectivity index (χ1) is 17.7. The molecule has 4 rings (SSSR count). The molecule has 1 fully saturated rings. The molecular weight excluding hydrogens is 497 g/mol. The predicted octanol–water partition coefficient (Wildman–Crippen LogP) is 4.20. The number of carbonyl (C=O) groups excluding carboxylic acids is 3. The van der Waals surface area contributed by atoms with Crippen LogP contribution in [0.5, 0.6) is 11.5 Å². The van der Waals surface area contributed by atoms with E-state index in [-0.39, 0.29) is 23.2 Å². The molecule has 0 radical (unpaired) electrons. The van der Waals surface area contributed by atoms with E-state index in [1.807, 2.05) is 0 Å². The molecule has 2 N–H and O–H groups in total. The SMILES string of the molecule is COc1ccc(/C=C2\C(=O)NC(=S)N(c3ccc(F)cc3)C2=O)cc1COc1ccc(NC(C)=O)cc1. The Bertz CT molecular complexity index is 1400. The van der Waals surface area contributed by atoms with Crippen LogP contribution in [0.4, 0.5) is 15.8 Å². The molecule has 0 atom stereocenters. The van der Waals surface area contributed by atoms with E-state index < -0.39 is 17.6 Å². The maximum absolute atomic E-state index is 13.4. The average molecular weight is 520 g/mol. The average Bonchev–Trinajstić information content (AvgIpc) is 2.87. The Morgan fingerprint density at radius 2 is 1.78 bits per heavy atom. The second-order valence-electron chi connectivity index (χ2n) is 8.00. The minimum atomic E-state index is -0.638. The van der Waals surface area contributed by atoms with Gasteiger partial charge in [0.15, 0.2) is 5.11 Å². The highest BCUT2D eigenvalue weighted by Gasteiger charge is 2.34. The van der Waals surface area contributed by atoms with E-state index in [1.165, 1.54) is 44.4 Å². The highest BCUT2D eigenvalue weighted by atomic mass is 32.1. The number of nitrogens with zero attached hydrogens (tertiary/aromatic N) is 1. The van der Waals surface area contributed by atoms with Crippen molar-refractivity contribution in [2.24, 2.45) is 0 Å². The molecule has 0 unspecified atom stereocenters. The molecular formula is C27H22FN3O5S. The van der Waals surface area contributed by atoms with Crippen LogP contribution in [-0.2, 0) is 21.0 Å². The number of hydrogen-bond donors (Lipinski definition) is 2. The Kier molecular flexibility index (Phi) is 7.59. The van der Waals surface area contributed by atoms with E-state index in [9.17, 15) is 18.8 Å². The number of carbonyl (C=O) groups is 3. The molecule has 10 heteroatoms. The van der Waals surface area contributed by atoms with Crippen LogP contribution >= 0.6 is 12.2 Å². The Morgan fingerprint density at radius 1 is 1.08 bits per heavy atom. The second-order valence-corrected chi connectivity index (χ2v) is 8.39. The Labute approximate surface area is 217 Å². The van der Waals surface area contributed by atoms with Gasteiger partial charge in [0.25, 0.3) is 11.8 Å². The van der Waals surface area contributed by atoms with E-state index in [0.717, 1.165) is 4.90 Å². The third kappa shape index (κ3) is 5.99. The zero-order chi connectivity index (χ0) is 26.5. The summed E-state index contributed by atoms with van der Waals surface area (Å²) < 4.78 is 24.7. The summed E-state index contributed by atoms with van der Waals surface area (Å²) in [6, 6.07) is 17.3. The van der Waals surface area contributed by atoms with Crippen molar-refractivity contribution in [1.82, 2.24) is 5.32 Å². The summed E-state index contributed by atoms with van der Waals surface area (Å²) in [4.78, 5) is 38.1. The van der Waals surface area contributed by atoms with E-state index in [2.05, 4.69) is 10.6 Å². The number of halogens is 1. The molecule has 1 aliphatic rings. The van der Waals surface area contributed by atoms with E-state index in [4.69, 9.17) is 21.7 Å². The summed E-state index contributed by atoms with van der Waals surface area (Å²) in [6.07, 6.45) is 1.45. The fraction of sp³-hybridized carbons (Fsp3) is 0.111. The molecule has 0 bridgehead atoms. The molecule has 0 spiro atoms. The third-order valence-electron chi connectivity index (χ3n) is 5.37. The smallest absolute Gasteiger partial charge is 0.270 e. The number of nitrogens with one attached hydrogen (secondary N) is 2. The van der Waals surface area contributed by atoms with Crippen molar-refractivity contribution in [3.8, 4) is 11.5 Å². The minimum Gasteiger partial charge on any atom is -0.496 e. The number of methoxy groups -OCH3 is 1. The minimum absolute atomic E-state index is 0.0906. The lowest BCUT2D eigenvalue weighted by Crippen LogP contribution is -2.54. The monoisotopic (exact) mass is 519 g/mol. The summed E-state index contributed by atoms with van der Waals surface area (Å²) in [5.41, 5.74) is 2.08. The number of amides is 3. The summed E-state index contributed by atoms with van der Waals surface area (Å²) in [7, 11) is 1.53. The maximum atomic E-state index is 13.4. The summed E-state index contributed by atoms with van der Waals surface area (Å²) >= 11 is 5.18. The molecule has 0 saturated carbocycles. The number of anilines is 2. The summed E-state index contributed by atoms with van der Waals surface area (Å²) in [5.74, 6) is -0.766. The van der Waals surface area contributed by atoms with E-state index in [1.54, 1.807) is 42.5 Å². The first-order valence-corrected chi connectivity index (χ1v) is 11.5. The molecule has 37 heavy (non-hydrogen) atoms. The number of thiocarbonyl (C=S) groups is 1. The van der Waals surface area contributed by atoms with E-state index in [0.29, 0.717) is 34.0 Å². The maximum Gasteiger partial charge on any atom is 0.270 e. The van der Waals surface area contributed by atoms with Crippen LogP contribution in [0, 0.1) is 5.82 Å². The number of rotatable bonds is 7. The second kappa shape index (κ2) is 11.0. The van der Waals surface area contributed by atoms with Gasteiger partial charge >= 0.3 is 0 Å². The van der Waals surface area contributed by atoms with Gasteiger partial charge in [0, 0.05) is 18.2 Å². The Morgan fingerprint density at radius 3 is 2.43 bits per heavy atom. The Hall–Kier alpha value is -4.57. The Balaban J connectivity index is 1.57. The first-order valence-electron chi connectivity index (χ1n) is 11.1. The van der Waals surface area contributed by atoms with E-state index >= 15 is 0 Å². The lowest BCUT2D eigenvalue weighted by atomic mass is 10.0. The highest BCUT2D eigenvalue weighted by Crippen LogP contribution is 2.26. The fourth-order valence-corrected chi connectivity index (χ4v) is 3.93. The number of benzene rings is 3. The van der Waals surface area contributed by atoms with Crippen molar-refractivity contribution in [2.45, 2.75) is 13.5 Å². The van der Waals surface area contributed by atoms with Crippen molar-refractivity contribution in [1.29, 1.82) is 0 Å². The fourth-order valence-electron chi connectivity index (χ4n) is 3.65. The van der Waals surface area contributed by atoms with Gasteiger partial charge in [0.05, 0.1) is 12.8 Å².